The first kappa shape index (κ1) is 23.6. The van der Waals surface area contributed by atoms with Gasteiger partial charge in [0, 0.05) is 25.4 Å². The van der Waals surface area contributed by atoms with E-state index in [1.807, 2.05) is 30.3 Å². The summed E-state index contributed by atoms with van der Waals surface area (Å²) in [5.41, 5.74) is 2.41. The van der Waals surface area contributed by atoms with Gasteiger partial charge >= 0.3 is 0 Å². The largest absolute Gasteiger partial charge is 0.495 e. The van der Waals surface area contributed by atoms with Crippen LogP contribution in [-0.4, -0.2) is 73.1 Å². The Morgan fingerprint density at radius 1 is 1.17 bits per heavy atom. The summed E-state index contributed by atoms with van der Waals surface area (Å²) in [5, 5.41) is 26.8. The number of nitrogens with zero attached hydrogens (tertiary/aromatic N) is 5. The summed E-state index contributed by atoms with van der Waals surface area (Å²) in [7, 11) is 2.97. The van der Waals surface area contributed by atoms with E-state index in [4.69, 9.17) is 9.47 Å². The van der Waals surface area contributed by atoms with Gasteiger partial charge in [0.05, 0.1) is 19.6 Å². The molecule has 4 N–H and O–H groups in total. The maximum Gasteiger partial charge on any atom is 0.251 e. The fourth-order valence-electron chi connectivity index (χ4n) is 4.04. The zero-order chi connectivity index (χ0) is 25.2. The van der Waals surface area contributed by atoms with E-state index in [0.717, 1.165) is 5.56 Å². The molecule has 0 unspecified atom stereocenters. The van der Waals surface area contributed by atoms with E-state index in [2.05, 4.69) is 30.6 Å². The first-order chi connectivity index (χ1) is 17.5. The summed E-state index contributed by atoms with van der Waals surface area (Å²) < 4.78 is 12.5. The number of fused-ring (bicyclic) bond motifs is 1. The van der Waals surface area contributed by atoms with Crippen molar-refractivity contribution in [1.82, 2.24) is 29.8 Å². The van der Waals surface area contributed by atoms with Crippen molar-refractivity contribution in [2.24, 2.45) is 0 Å². The second-order valence-corrected chi connectivity index (χ2v) is 8.22. The van der Waals surface area contributed by atoms with E-state index in [1.54, 1.807) is 25.6 Å². The highest BCUT2D eigenvalue weighted by Gasteiger charge is 2.47. The number of imidazole rings is 1. The van der Waals surface area contributed by atoms with Crippen LogP contribution in [0.2, 0.25) is 0 Å². The van der Waals surface area contributed by atoms with Gasteiger partial charge in [-0.3, -0.25) is 14.3 Å². The maximum absolute atomic E-state index is 12.1. The lowest BCUT2D eigenvalue weighted by atomic mass is 10.1. The molecule has 3 aromatic heterocycles. The van der Waals surface area contributed by atoms with Crippen molar-refractivity contribution in [3.63, 3.8) is 0 Å². The second kappa shape index (κ2) is 9.85. The number of aliphatic hydroxyl groups is 2. The number of hydrogen-bond acceptors (Lipinski definition) is 10. The minimum Gasteiger partial charge on any atom is -0.495 e. The number of aliphatic hydroxyl groups excluding tert-OH is 2. The zero-order valence-electron chi connectivity index (χ0n) is 19.6. The molecule has 1 fully saturated rings. The molecule has 0 bridgehead atoms. The third-order valence-corrected chi connectivity index (χ3v) is 5.95. The van der Waals surface area contributed by atoms with Gasteiger partial charge in [0.2, 0.25) is 0 Å². The molecule has 5 rings (SSSR count). The van der Waals surface area contributed by atoms with Gasteiger partial charge in [-0.15, -0.1) is 0 Å². The third-order valence-electron chi connectivity index (χ3n) is 5.95. The highest BCUT2D eigenvalue weighted by molar-refractivity contribution is 5.85. The van der Waals surface area contributed by atoms with Crippen LogP contribution in [0.1, 0.15) is 11.8 Å². The van der Waals surface area contributed by atoms with E-state index in [0.29, 0.717) is 40.7 Å². The molecule has 1 amide bonds. The minimum absolute atomic E-state index is 0.335. The molecule has 12 nitrogen and oxygen atoms in total. The number of hydrogen-bond donors (Lipinski definition) is 4. The number of carbonyl (C=O) groups excluding carboxylic acids is 1. The average molecular weight is 492 g/mol. The topological polar surface area (TPSA) is 157 Å². The van der Waals surface area contributed by atoms with Gasteiger partial charge in [-0.25, -0.2) is 15.0 Å². The van der Waals surface area contributed by atoms with Crippen molar-refractivity contribution >= 4 is 22.9 Å². The number of ether oxygens (including phenoxy) is 2. The molecular formula is C24H25N7O5. The molecule has 36 heavy (non-hydrogen) atoms. The molecule has 0 spiro atoms. The molecule has 0 saturated carbocycles. The van der Waals surface area contributed by atoms with Crippen LogP contribution >= 0.6 is 0 Å². The van der Waals surface area contributed by atoms with Crippen LogP contribution in [-0.2, 0) is 16.1 Å². The lowest BCUT2D eigenvalue weighted by Crippen LogP contribution is -2.41. The maximum atomic E-state index is 12.1. The summed E-state index contributed by atoms with van der Waals surface area (Å²) in [5.74, 6) is 0.782. The molecule has 4 aromatic rings. The molecule has 1 aliphatic heterocycles. The molecule has 186 valence electrons. The van der Waals surface area contributed by atoms with E-state index >= 15 is 0 Å². The van der Waals surface area contributed by atoms with E-state index in [1.165, 1.54) is 17.9 Å². The minimum atomic E-state index is -1.42. The molecular weight excluding hydrogens is 466 g/mol. The fraction of sp³-hybridized carbons (Fsp3) is 0.292. The van der Waals surface area contributed by atoms with E-state index < -0.39 is 30.4 Å². The van der Waals surface area contributed by atoms with Crippen molar-refractivity contribution in [3.8, 4) is 17.1 Å². The number of methoxy groups -OCH3 is 1. The molecule has 1 aliphatic rings. The summed E-state index contributed by atoms with van der Waals surface area (Å²) in [6.45, 7) is 0.482. The van der Waals surface area contributed by atoms with Crippen LogP contribution in [0.15, 0.2) is 55.1 Å². The second-order valence-electron chi connectivity index (χ2n) is 8.22. The standard InChI is InChI=1S/C24H25N7O5/c1-25-23(34)19-17(32)18(33)24(36-19)31-12-28-16-21(27-9-13-6-4-3-5-7-13)29-20(30-22(16)31)14-8-15(35-2)11-26-10-14/h3-8,10-12,17-19,24,32-33H,9H2,1-2H3,(H,25,34)(H,27,29,30)/t17-,18+,19-,24+/m0/s1. The van der Waals surface area contributed by atoms with Crippen LogP contribution in [0, 0.1) is 0 Å². The number of benzene rings is 1. The Kier molecular flexibility index (Phi) is 6.46. The molecule has 12 heteroatoms. The van der Waals surface area contributed by atoms with Gasteiger partial charge in [0.1, 0.15) is 18.0 Å². The van der Waals surface area contributed by atoms with E-state index in [9.17, 15) is 15.0 Å². The smallest absolute Gasteiger partial charge is 0.251 e. The van der Waals surface area contributed by atoms with Crippen LogP contribution in [0.25, 0.3) is 22.6 Å². The fourth-order valence-corrected chi connectivity index (χ4v) is 4.04. The van der Waals surface area contributed by atoms with Gasteiger partial charge in [-0.2, -0.15) is 0 Å². The van der Waals surface area contributed by atoms with Gasteiger partial charge in [0.15, 0.2) is 35.1 Å². The van der Waals surface area contributed by atoms with Crippen LogP contribution < -0.4 is 15.4 Å². The number of carbonyl (C=O) groups is 1. The van der Waals surface area contributed by atoms with Crippen molar-refractivity contribution in [3.05, 3.63) is 60.7 Å². The molecule has 1 saturated heterocycles. The lowest BCUT2D eigenvalue weighted by Gasteiger charge is -2.17. The predicted molar refractivity (Wildman–Crippen MR) is 129 cm³/mol. The molecule has 0 radical (unpaired) electrons. The summed E-state index contributed by atoms with van der Waals surface area (Å²) >= 11 is 0. The Bertz CT molecular complexity index is 1380. The zero-order valence-corrected chi connectivity index (χ0v) is 19.6. The Hall–Kier alpha value is -4.13. The van der Waals surface area contributed by atoms with E-state index in [-0.39, 0.29) is 0 Å². The Morgan fingerprint density at radius 3 is 2.72 bits per heavy atom. The third kappa shape index (κ3) is 4.33. The Morgan fingerprint density at radius 2 is 1.97 bits per heavy atom. The van der Waals surface area contributed by atoms with Crippen LogP contribution in [0.3, 0.4) is 0 Å². The number of aromatic nitrogens is 5. The van der Waals surface area contributed by atoms with Crippen LogP contribution in [0.5, 0.6) is 5.75 Å². The van der Waals surface area contributed by atoms with Gasteiger partial charge < -0.3 is 30.3 Å². The number of nitrogens with one attached hydrogen (secondary N) is 2. The quantitative estimate of drug-likeness (QED) is 0.292. The number of likely N-dealkylation sites (N-methyl/N-ethyl adjacent to an activating group) is 1. The normalized spacial score (nSPS) is 21.4. The number of pyridine rings is 1. The van der Waals surface area contributed by atoms with Crippen molar-refractivity contribution in [2.75, 3.05) is 19.5 Å². The Labute approximate surface area is 206 Å². The Balaban J connectivity index is 1.59. The SMILES string of the molecule is CNC(=O)[C@H]1O[C@@H](n2cnc3c(NCc4ccccc4)nc(-c4cncc(OC)c4)nc32)[C@H](O)[C@@H]1O. The predicted octanol–water partition coefficient (Wildman–Crippen LogP) is 0.874. The average Bonchev–Trinajstić information content (AvgIpc) is 3.48. The molecule has 4 heterocycles. The first-order valence-electron chi connectivity index (χ1n) is 11.2. The van der Waals surface area contributed by atoms with Crippen molar-refractivity contribution in [1.29, 1.82) is 0 Å². The molecule has 0 aliphatic carbocycles. The number of anilines is 1. The van der Waals surface area contributed by atoms with Gasteiger partial charge in [0.25, 0.3) is 5.91 Å². The number of rotatable bonds is 7. The molecule has 1 aromatic carbocycles. The first-order valence-corrected chi connectivity index (χ1v) is 11.2. The van der Waals surface area contributed by atoms with Gasteiger partial charge in [-0.1, -0.05) is 30.3 Å². The summed E-state index contributed by atoms with van der Waals surface area (Å²) in [4.78, 5) is 30.1. The van der Waals surface area contributed by atoms with Crippen molar-refractivity contribution < 1.29 is 24.5 Å². The lowest BCUT2D eigenvalue weighted by molar-refractivity contribution is -0.137. The molecule has 4 atom stereocenters. The monoisotopic (exact) mass is 491 g/mol. The van der Waals surface area contributed by atoms with Gasteiger partial charge in [-0.05, 0) is 11.6 Å². The number of amides is 1. The van der Waals surface area contributed by atoms with Crippen molar-refractivity contribution in [2.45, 2.75) is 31.1 Å². The highest BCUT2D eigenvalue weighted by Crippen LogP contribution is 2.34. The van der Waals surface area contributed by atoms with Crippen LogP contribution in [0.4, 0.5) is 5.82 Å². The highest BCUT2D eigenvalue weighted by atomic mass is 16.6. The summed E-state index contributed by atoms with van der Waals surface area (Å²) in [6, 6.07) is 11.6. The summed E-state index contributed by atoms with van der Waals surface area (Å²) in [6.07, 6.45) is -0.531.